The van der Waals surface area contributed by atoms with E-state index in [1.807, 2.05) is 0 Å². The highest BCUT2D eigenvalue weighted by Crippen LogP contribution is 2.39. The van der Waals surface area contributed by atoms with Crippen LogP contribution in [0.25, 0.3) is 0 Å². The van der Waals surface area contributed by atoms with E-state index in [1.165, 1.54) is 0 Å². The standard InChI is InChI=1S/C14H17ClF2O3S/c15-21(18,19)10-14(6-2-1-3-7-14)9-20-13-8-11(16)4-5-12(13)17/h4-5,8H,1-3,6-7,9-10H2. The van der Waals surface area contributed by atoms with Gasteiger partial charge in [-0.05, 0) is 25.0 Å². The summed E-state index contributed by atoms with van der Waals surface area (Å²) in [6.07, 6.45) is 4.08. The van der Waals surface area contributed by atoms with Gasteiger partial charge >= 0.3 is 0 Å². The summed E-state index contributed by atoms with van der Waals surface area (Å²) in [5, 5.41) is 0. The van der Waals surface area contributed by atoms with E-state index in [2.05, 4.69) is 0 Å². The van der Waals surface area contributed by atoms with Crippen LogP contribution in [0, 0.1) is 17.0 Å². The van der Waals surface area contributed by atoms with Crippen molar-refractivity contribution in [3.8, 4) is 5.75 Å². The first-order chi connectivity index (χ1) is 9.80. The monoisotopic (exact) mass is 338 g/mol. The molecule has 1 fully saturated rings. The van der Waals surface area contributed by atoms with Crippen LogP contribution in [0.5, 0.6) is 5.75 Å². The van der Waals surface area contributed by atoms with E-state index in [-0.39, 0.29) is 18.1 Å². The normalized spacial score (nSPS) is 18.4. The lowest BCUT2D eigenvalue weighted by atomic mass is 9.76. The van der Waals surface area contributed by atoms with Crippen molar-refractivity contribution in [1.82, 2.24) is 0 Å². The van der Waals surface area contributed by atoms with Gasteiger partial charge < -0.3 is 4.74 Å². The average Bonchev–Trinajstić information content (AvgIpc) is 2.39. The molecule has 0 atom stereocenters. The number of halogens is 3. The highest BCUT2D eigenvalue weighted by molar-refractivity contribution is 8.13. The van der Waals surface area contributed by atoms with Gasteiger partial charge in [-0.15, -0.1) is 0 Å². The highest BCUT2D eigenvalue weighted by atomic mass is 35.7. The first kappa shape index (κ1) is 16.5. The van der Waals surface area contributed by atoms with Crippen molar-refractivity contribution in [2.75, 3.05) is 12.4 Å². The summed E-state index contributed by atoms with van der Waals surface area (Å²) >= 11 is 0. The molecule has 3 nitrogen and oxygen atoms in total. The van der Waals surface area contributed by atoms with Gasteiger partial charge in [0.2, 0.25) is 9.05 Å². The quantitative estimate of drug-likeness (QED) is 0.766. The van der Waals surface area contributed by atoms with E-state index in [9.17, 15) is 17.2 Å². The van der Waals surface area contributed by atoms with E-state index in [1.54, 1.807) is 0 Å². The van der Waals surface area contributed by atoms with Crippen molar-refractivity contribution in [2.45, 2.75) is 32.1 Å². The van der Waals surface area contributed by atoms with Gasteiger partial charge in [0, 0.05) is 22.2 Å². The molecule has 0 aliphatic heterocycles. The Morgan fingerprint density at radius 1 is 1.19 bits per heavy atom. The van der Waals surface area contributed by atoms with Gasteiger partial charge in [0.15, 0.2) is 11.6 Å². The summed E-state index contributed by atoms with van der Waals surface area (Å²) in [6.45, 7) is 0.0132. The van der Waals surface area contributed by atoms with Crippen LogP contribution in [-0.4, -0.2) is 20.8 Å². The van der Waals surface area contributed by atoms with E-state index in [0.717, 1.165) is 37.5 Å². The van der Waals surface area contributed by atoms with Crippen LogP contribution in [-0.2, 0) is 9.05 Å². The maximum atomic E-state index is 13.6. The Balaban J connectivity index is 2.14. The third-order valence-corrected chi connectivity index (χ3v) is 5.10. The fourth-order valence-electron chi connectivity index (χ4n) is 2.82. The lowest BCUT2D eigenvalue weighted by Crippen LogP contribution is -2.37. The Morgan fingerprint density at radius 3 is 2.48 bits per heavy atom. The van der Waals surface area contributed by atoms with E-state index < -0.39 is 26.1 Å². The number of ether oxygens (including phenoxy) is 1. The second kappa shape index (κ2) is 6.48. The minimum atomic E-state index is -3.68. The van der Waals surface area contributed by atoms with Crippen LogP contribution < -0.4 is 4.74 Å². The van der Waals surface area contributed by atoms with Crippen LogP contribution in [0.1, 0.15) is 32.1 Å². The second-order valence-corrected chi connectivity index (χ2v) is 8.38. The molecule has 0 heterocycles. The van der Waals surface area contributed by atoms with E-state index in [4.69, 9.17) is 15.4 Å². The van der Waals surface area contributed by atoms with Gasteiger partial charge in [-0.3, -0.25) is 0 Å². The zero-order valence-corrected chi connectivity index (χ0v) is 13.0. The molecular formula is C14H17ClF2O3S. The fraction of sp³-hybridized carbons (Fsp3) is 0.571. The molecule has 1 aromatic carbocycles. The molecule has 21 heavy (non-hydrogen) atoms. The van der Waals surface area contributed by atoms with Crippen LogP contribution in [0.3, 0.4) is 0 Å². The fourth-order valence-corrected chi connectivity index (χ4v) is 4.61. The van der Waals surface area contributed by atoms with Gasteiger partial charge in [-0.25, -0.2) is 17.2 Å². The Kier molecular flexibility index (Phi) is 5.09. The van der Waals surface area contributed by atoms with Crippen molar-refractivity contribution in [2.24, 2.45) is 5.41 Å². The van der Waals surface area contributed by atoms with Gasteiger partial charge in [-0.1, -0.05) is 19.3 Å². The summed E-state index contributed by atoms with van der Waals surface area (Å²) in [5.41, 5.74) is -0.627. The molecule has 1 saturated carbocycles. The molecule has 118 valence electrons. The predicted molar refractivity (Wildman–Crippen MR) is 77.0 cm³/mol. The summed E-state index contributed by atoms with van der Waals surface area (Å²) in [6, 6.07) is 2.94. The smallest absolute Gasteiger partial charge is 0.233 e. The molecule has 0 aromatic heterocycles. The van der Waals surface area contributed by atoms with Crippen molar-refractivity contribution in [1.29, 1.82) is 0 Å². The van der Waals surface area contributed by atoms with Gasteiger partial charge in [0.1, 0.15) is 5.82 Å². The number of benzene rings is 1. The zero-order chi connectivity index (χ0) is 15.5. The molecule has 2 rings (SSSR count). The summed E-state index contributed by atoms with van der Waals surface area (Å²) < 4.78 is 54.9. The topological polar surface area (TPSA) is 43.4 Å². The Labute approximate surface area is 127 Å². The van der Waals surface area contributed by atoms with E-state index in [0.29, 0.717) is 12.8 Å². The Hall–Kier alpha value is -0.880. The first-order valence-electron chi connectivity index (χ1n) is 6.80. The molecule has 0 amide bonds. The molecule has 0 N–H and O–H groups in total. The number of hydrogen-bond acceptors (Lipinski definition) is 3. The minimum Gasteiger partial charge on any atom is -0.490 e. The van der Waals surface area contributed by atoms with Crippen molar-refractivity contribution in [3.63, 3.8) is 0 Å². The lowest BCUT2D eigenvalue weighted by Gasteiger charge is -2.35. The molecule has 0 radical (unpaired) electrons. The highest BCUT2D eigenvalue weighted by Gasteiger charge is 2.37. The molecule has 0 spiro atoms. The third kappa shape index (κ3) is 4.81. The Morgan fingerprint density at radius 2 is 1.86 bits per heavy atom. The number of rotatable bonds is 5. The Bertz CT molecular complexity index is 598. The van der Waals surface area contributed by atoms with Crippen LogP contribution in [0.2, 0.25) is 0 Å². The molecule has 0 bridgehead atoms. The minimum absolute atomic E-state index is 0.0132. The first-order valence-corrected chi connectivity index (χ1v) is 9.28. The van der Waals surface area contributed by atoms with Crippen molar-refractivity contribution in [3.05, 3.63) is 29.8 Å². The largest absolute Gasteiger partial charge is 0.490 e. The van der Waals surface area contributed by atoms with E-state index >= 15 is 0 Å². The van der Waals surface area contributed by atoms with Gasteiger partial charge in [0.25, 0.3) is 0 Å². The van der Waals surface area contributed by atoms with Gasteiger partial charge in [0.05, 0.1) is 12.4 Å². The SMILES string of the molecule is O=S(=O)(Cl)CC1(COc2cc(F)ccc2F)CCCCC1. The van der Waals surface area contributed by atoms with Crippen LogP contribution in [0.4, 0.5) is 8.78 Å². The molecular weight excluding hydrogens is 322 g/mol. The molecule has 1 aliphatic rings. The maximum Gasteiger partial charge on any atom is 0.233 e. The van der Waals surface area contributed by atoms with Gasteiger partial charge in [-0.2, -0.15) is 0 Å². The number of hydrogen-bond donors (Lipinski definition) is 0. The second-order valence-electron chi connectivity index (χ2n) is 5.61. The molecule has 7 heteroatoms. The van der Waals surface area contributed by atoms with Crippen LogP contribution in [0.15, 0.2) is 18.2 Å². The molecule has 1 aliphatic carbocycles. The third-order valence-electron chi connectivity index (χ3n) is 3.82. The average molecular weight is 339 g/mol. The lowest BCUT2D eigenvalue weighted by molar-refractivity contribution is 0.115. The molecule has 0 unspecified atom stereocenters. The summed E-state index contributed by atoms with van der Waals surface area (Å²) in [5.74, 6) is -1.68. The summed E-state index contributed by atoms with van der Waals surface area (Å²) in [4.78, 5) is 0. The van der Waals surface area contributed by atoms with Crippen molar-refractivity contribution >= 4 is 19.7 Å². The maximum absolute atomic E-state index is 13.6. The predicted octanol–water partition coefficient (Wildman–Crippen LogP) is 3.86. The van der Waals surface area contributed by atoms with Crippen LogP contribution >= 0.6 is 10.7 Å². The summed E-state index contributed by atoms with van der Waals surface area (Å²) in [7, 11) is 1.70. The van der Waals surface area contributed by atoms with Crippen molar-refractivity contribution < 1.29 is 21.9 Å². The zero-order valence-electron chi connectivity index (χ0n) is 11.4. The molecule has 0 saturated heterocycles. The molecule has 1 aromatic rings.